The molecule has 0 radical (unpaired) electrons. The Morgan fingerprint density at radius 3 is 2.44 bits per heavy atom. The molecule has 0 aromatic carbocycles. The van der Waals surface area contributed by atoms with Gasteiger partial charge in [0.15, 0.2) is 5.79 Å². The van der Waals surface area contributed by atoms with E-state index in [4.69, 9.17) is 9.47 Å². The minimum absolute atomic E-state index is 0.272. The largest absolute Gasteiger partial charge is 0.348 e. The van der Waals surface area contributed by atoms with Crippen LogP contribution in [0.2, 0.25) is 0 Å². The maximum absolute atomic E-state index is 6.32. The SMILES string of the molecule is CC1=CCCC2C1(C)CCC1CC(C)(C3COC(C)(C)O3)CCC12C. The van der Waals surface area contributed by atoms with Gasteiger partial charge in [-0.1, -0.05) is 32.4 Å². The summed E-state index contributed by atoms with van der Waals surface area (Å²) in [6.45, 7) is 15.0. The van der Waals surface area contributed by atoms with Crippen molar-refractivity contribution in [2.75, 3.05) is 6.61 Å². The second-order valence-corrected chi connectivity index (χ2v) is 10.9. The highest BCUT2D eigenvalue weighted by Gasteiger charge is 2.59. The van der Waals surface area contributed by atoms with Gasteiger partial charge in [-0.15, -0.1) is 0 Å². The highest BCUT2D eigenvalue weighted by atomic mass is 16.7. The van der Waals surface area contributed by atoms with Crippen molar-refractivity contribution in [2.24, 2.45) is 28.1 Å². The third kappa shape index (κ3) is 2.65. The molecule has 2 saturated carbocycles. The summed E-state index contributed by atoms with van der Waals surface area (Å²) in [4.78, 5) is 0. The molecular formula is C23H38O2. The summed E-state index contributed by atoms with van der Waals surface area (Å²) in [6, 6.07) is 0. The molecule has 1 saturated heterocycles. The molecule has 0 aromatic rings. The summed E-state index contributed by atoms with van der Waals surface area (Å²) >= 11 is 0. The molecule has 25 heavy (non-hydrogen) atoms. The Morgan fingerprint density at radius 1 is 1.00 bits per heavy atom. The van der Waals surface area contributed by atoms with E-state index in [9.17, 15) is 0 Å². The van der Waals surface area contributed by atoms with Crippen molar-refractivity contribution < 1.29 is 9.47 Å². The molecule has 6 atom stereocenters. The minimum Gasteiger partial charge on any atom is -0.348 e. The number of hydrogen-bond acceptors (Lipinski definition) is 2. The fourth-order valence-corrected chi connectivity index (χ4v) is 7.07. The molecule has 0 aromatic heterocycles. The molecule has 0 amide bonds. The van der Waals surface area contributed by atoms with Crippen molar-refractivity contribution in [3.63, 3.8) is 0 Å². The van der Waals surface area contributed by atoms with Crippen LogP contribution in [0.5, 0.6) is 0 Å². The first-order chi connectivity index (χ1) is 11.6. The molecule has 0 spiro atoms. The number of rotatable bonds is 1. The number of ether oxygens (including phenoxy) is 2. The van der Waals surface area contributed by atoms with E-state index in [0.29, 0.717) is 10.8 Å². The second-order valence-electron chi connectivity index (χ2n) is 10.9. The third-order valence-corrected chi connectivity index (χ3v) is 9.05. The summed E-state index contributed by atoms with van der Waals surface area (Å²) in [6.07, 6.45) is 12.2. The van der Waals surface area contributed by atoms with E-state index >= 15 is 0 Å². The van der Waals surface area contributed by atoms with Gasteiger partial charge in [0.1, 0.15) is 0 Å². The lowest BCUT2D eigenvalue weighted by Crippen LogP contribution is -2.55. The zero-order chi connectivity index (χ0) is 18.1. The standard InChI is InChI=1S/C23H38O2/c1-16-8-7-9-18-22(16,5)11-10-17-14-21(4,12-13-23(17,18)6)19-15-24-20(2,3)25-19/h8,17-19H,7,9-15H2,1-6H3. The van der Waals surface area contributed by atoms with E-state index in [1.54, 1.807) is 5.57 Å². The highest BCUT2D eigenvalue weighted by Crippen LogP contribution is 2.66. The van der Waals surface area contributed by atoms with Crippen LogP contribution in [-0.2, 0) is 9.47 Å². The van der Waals surface area contributed by atoms with Gasteiger partial charge in [-0.25, -0.2) is 0 Å². The molecule has 4 rings (SSSR count). The van der Waals surface area contributed by atoms with Gasteiger partial charge in [0.2, 0.25) is 0 Å². The molecule has 4 aliphatic rings. The summed E-state index contributed by atoms with van der Waals surface area (Å²) in [5.74, 6) is 1.32. The van der Waals surface area contributed by atoms with Crippen LogP contribution in [0.25, 0.3) is 0 Å². The normalized spacial score (nSPS) is 52.2. The molecule has 1 aliphatic heterocycles. The van der Waals surface area contributed by atoms with E-state index in [0.717, 1.165) is 18.4 Å². The molecule has 0 bridgehead atoms. The topological polar surface area (TPSA) is 18.5 Å². The van der Waals surface area contributed by atoms with Crippen LogP contribution in [0.4, 0.5) is 0 Å². The zero-order valence-corrected chi connectivity index (χ0v) is 17.3. The third-order valence-electron chi connectivity index (χ3n) is 9.05. The Labute approximate surface area is 154 Å². The van der Waals surface area contributed by atoms with Gasteiger partial charge in [-0.3, -0.25) is 0 Å². The maximum Gasteiger partial charge on any atom is 0.163 e. The van der Waals surface area contributed by atoms with E-state index in [1.807, 2.05) is 0 Å². The number of fused-ring (bicyclic) bond motifs is 3. The van der Waals surface area contributed by atoms with Crippen LogP contribution in [0.15, 0.2) is 11.6 Å². The number of hydrogen-bond donors (Lipinski definition) is 0. The average molecular weight is 347 g/mol. The maximum atomic E-state index is 6.32. The summed E-state index contributed by atoms with van der Waals surface area (Å²) in [5.41, 5.74) is 2.92. The van der Waals surface area contributed by atoms with E-state index in [-0.39, 0.29) is 11.5 Å². The Morgan fingerprint density at radius 2 is 1.76 bits per heavy atom. The zero-order valence-electron chi connectivity index (χ0n) is 17.3. The first kappa shape index (κ1) is 18.0. The number of allylic oxidation sites excluding steroid dienone is 2. The Kier molecular flexibility index (Phi) is 4.03. The summed E-state index contributed by atoms with van der Waals surface area (Å²) < 4.78 is 12.2. The van der Waals surface area contributed by atoms with Crippen LogP contribution >= 0.6 is 0 Å². The Balaban J connectivity index is 1.57. The Bertz CT molecular complexity index is 579. The molecule has 1 heterocycles. The highest BCUT2D eigenvalue weighted by molar-refractivity contribution is 5.22. The molecule has 0 N–H and O–H groups in total. The van der Waals surface area contributed by atoms with Crippen molar-refractivity contribution in [2.45, 2.75) is 98.4 Å². The molecule has 2 heteroatoms. The quantitative estimate of drug-likeness (QED) is 0.533. The lowest BCUT2D eigenvalue weighted by molar-refractivity contribution is -0.171. The lowest BCUT2D eigenvalue weighted by atomic mass is 9.42. The first-order valence-electron chi connectivity index (χ1n) is 10.6. The summed E-state index contributed by atoms with van der Waals surface area (Å²) in [5, 5.41) is 0. The molecule has 3 aliphatic carbocycles. The summed E-state index contributed by atoms with van der Waals surface area (Å²) in [7, 11) is 0. The van der Waals surface area contributed by atoms with Crippen molar-refractivity contribution in [3.05, 3.63) is 11.6 Å². The molecule has 3 fully saturated rings. The smallest absolute Gasteiger partial charge is 0.163 e. The van der Waals surface area contributed by atoms with Crippen molar-refractivity contribution in [3.8, 4) is 0 Å². The lowest BCUT2D eigenvalue weighted by Gasteiger charge is -2.62. The fraction of sp³-hybridized carbons (Fsp3) is 0.913. The van der Waals surface area contributed by atoms with Gasteiger partial charge in [0.05, 0.1) is 12.7 Å². The van der Waals surface area contributed by atoms with Gasteiger partial charge in [-0.05, 0) is 93.8 Å². The minimum atomic E-state index is -0.398. The second kappa shape index (κ2) is 5.58. The van der Waals surface area contributed by atoms with E-state index < -0.39 is 5.79 Å². The van der Waals surface area contributed by atoms with Crippen molar-refractivity contribution in [1.82, 2.24) is 0 Å². The predicted octanol–water partition coefficient (Wildman–Crippen LogP) is 6.11. The van der Waals surface area contributed by atoms with Crippen LogP contribution in [-0.4, -0.2) is 18.5 Å². The van der Waals surface area contributed by atoms with Gasteiger partial charge in [0.25, 0.3) is 0 Å². The van der Waals surface area contributed by atoms with Crippen molar-refractivity contribution >= 4 is 0 Å². The van der Waals surface area contributed by atoms with Crippen LogP contribution in [0.1, 0.15) is 86.5 Å². The van der Waals surface area contributed by atoms with Crippen LogP contribution in [0.3, 0.4) is 0 Å². The van der Waals surface area contributed by atoms with Gasteiger partial charge < -0.3 is 9.47 Å². The fourth-order valence-electron chi connectivity index (χ4n) is 7.07. The monoisotopic (exact) mass is 346 g/mol. The van der Waals surface area contributed by atoms with Gasteiger partial charge in [0, 0.05) is 0 Å². The van der Waals surface area contributed by atoms with Crippen molar-refractivity contribution in [1.29, 1.82) is 0 Å². The molecular weight excluding hydrogens is 308 g/mol. The Hall–Kier alpha value is -0.340. The molecule has 6 unspecified atom stereocenters. The van der Waals surface area contributed by atoms with Crippen LogP contribution in [0, 0.1) is 28.1 Å². The first-order valence-corrected chi connectivity index (χ1v) is 10.6. The predicted molar refractivity (Wildman–Crippen MR) is 102 cm³/mol. The van der Waals surface area contributed by atoms with Crippen LogP contribution < -0.4 is 0 Å². The molecule has 142 valence electrons. The van der Waals surface area contributed by atoms with Gasteiger partial charge >= 0.3 is 0 Å². The van der Waals surface area contributed by atoms with E-state index in [2.05, 4.69) is 47.6 Å². The van der Waals surface area contributed by atoms with Gasteiger partial charge in [-0.2, -0.15) is 0 Å². The molecule has 2 nitrogen and oxygen atoms in total. The average Bonchev–Trinajstić information content (AvgIpc) is 2.91. The van der Waals surface area contributed by atoms with E-state index in [1.165, 1.54) is 44.9 Å².